The molecule has 0 N–H and O–H groups in total. The van der Waals surface area contributed by atoms with Gasteiger partial charge in [-0.25, -0.2) is 14.8 Å². The van der Waals surface area contributed by atoms with Crippen LogP contribution in [0.15, 0.2) is 48.4 Å². The highest BCUT2D eigenvalue weighted by molar-refractivity contribution is 7.09. The van der Waals surface area contributed by atoms with E-state index >= 15 is 0 Å². The highest BCUT2D eigenvalue weighted by Gasteiger charge is 2.09. The van der Waals surface area contributed by atoms with Gasteiger partial charge in [0.2, 0.25) is 0 Å². The Balaban J connectivity index is 1.64. The summed E-state index contributed by atoms with van der Waals surface area (Å²) >= 11 is 1.49. The number of carbonyl (C=O) groups excluding carboxylic acids is 1. The molecule has 1 aromatic carbocycles. The van der Waals surface area contributed by atoms with E-state index in [4.69, 9.17) is 4.74 Å². The minimum atomic E-state index is -0.333. The van der Waals surface area contributed by atoms with Gasteiger partial charge in [-0.1, -0.05) is 12.1 Å². The zero-order valence-electron chi connectivity index (χ0n) is 12.1. The number of nitrogens with zero attached hydrogens (tertiary/aromatic N) is 3. The molecule has 0 spiro atoms. The maximum atomic E-state index is 12.1. The van der Waals surface area contributed by atoms with Gasteiger partial charge >= 0.3 is 5.97 Å². The van der Waals surface area contributed by atoms with E-state index in [1.807, 2.05) is 41.3 Å². The first kappa shape index (κ1) is 14.5. The van der Waals surface area contributed by atoms with Crippen molar-refractivity contribution < 1.29 is 9.53 Å². The van der Waals surface area contributed by atoms with E-state index in [-0.39, 0.29) is 12.6 Å². The van der Waals surface area contributed by atoms with E-state index in [2.05, 4.69) is 9.97 Å². The van der Waals surface area contributed by atoms with Crippen molar-refractivity contribution in [3.63, 3.8) is 0 Å². The molecule has 0 aliphatic carbocycles. The average Bonchev–Trinajstić information content (AvgIpc) is 3.17. The lowest BCUT2D eigenvalue weighted by Gasteiger charge is -2.06. The number of thiazole rings is 1. The van der Waals surface area contributed by atoms with Crippen LogP contribution in [0.4, 0.5) is 0 Å². The van der Waals surface area contributed by atoms with Crippen molar-refractivity contribution in [3.8, 4) is 0 Å². The largest absolute Gasteiger partial charge is 0.455 e. The van der Waals surface area contributed by atoms with E-state index in [9.17, 15) is 4.79 Å². The molecule has 2 aromatic heterocycles. The van der Waals surface area contributed by atoms with Crippen LogP contribution < -0.4 is 0 Å². The van der Waals surface area contributed by atoms with Crippen molar-refractivity contribution in [2.75, 3.05) is 0 Å². The maximum Gasteiger partial charge on any atom is 0.338 e. The van der Waals surface area contributed by atoms with Crippen LogP contribution in [0, 0.1) is 6.92 Å². The summed E-state index contributed by atoms with van der Waals surface area (Å²) in [6.07, 6.45) is 5.36. The lowest BCUT2D eigenvalue weighted by atomic mass is 10.1. The van der Waals surface area contributed by atoms with Crippen LogP contribution in [0.25, 0.3) is 0 Å². The second-order valence-electron chi connectivity index (χ2n) is 4.89. The summed E-state index contributed by atoms with van der Waals surface area (Å²) in [5.74, 6) is -0.333. The van der Waals surface area contributed by atoms with Crippen LogP contribution in [-0.2, 0) is 17.9 Å². The number of esters is 1. The van der Waals surface area contributed by atoms with Crippen LogP contribution >= 0.6 is 11.3 Å². The number of rotatable bonds is 5. The quantitative estimate of drug-likeness (QED) is 0.679. The fourth-order valence-corrected chi connectivity index (χ4v) is 2.75. The number of hydrogen-bond donors (Lipinski definition) is 0. The third-order valence-electron chi connectivity index (χ3n) is 3.08. The van der Waals surface area contributed by atoms with E-state index in [0.29, 0.717) is 12.1 Å². The zero-order chi connectivity index (χ0) is 15.4. The molecule has 0 aliphatic heterocycles. The standard InChI is InChI=1S/C16H15N3O2S/c1-12-10-22-15(18-12)9-21-16(20)14-4-2-3-13(7-14)8-19-6-5-17-11-19/h2-7,10-11H,8-9H2,1H3. The van der Waals surface area contributed by atoms with Gasteiger partial charge in [0.05, 0.1) is 11.9 Å². The molecule has 0 bridgehead atoms. The molecule has 0 fully saturated rings. The summed E-state index contributed by atoms with van der Waals surface area (Å²) in [4.78, 5) is 20.4. The molecule has 0 saturated carbocycles. The second-order valence-corrected chi connectivity index (χ2v) is 5.84. The van der Waals surface area contributed by atoms with Crippen molar-refractivity contribution in [1.29, 1.82) is 0 Å². The lowest BCUT2D eigenvalue weighted by molar-refractivity contribution is 0.0472. The van der Waals surface area contributed by atoms with Gasteiger partial charge in [0.15, 0.2) is 0 Å². The molecule has 0 saturated heterocycles. The van der Waals surface area contributed by atoms with Crippen molar-refractivity contribution >= 4 is 17.3 Å². The van der Waals surface area contributed by atoms with Gasteiger partial charge in [-0.3, -0.25) is 0 Å². The summed E-state index contributed by atoms with van der Waals surface area (Å²) < 4.78 is 7.25. The Labute approximate surface area is 132 Å². The molecule has 0 atom stereocenters. The molecular formula is C16H15N3O2S. The van der Waals surface area contributed by atoms with Gasteiger partial charge in [-0.05, 0) is 24.6 Å². The summed E-state index contributed by atoms with van der Waals surface area (Å²) in [6, 6.07) is 7.43. The van der Waals surface area contributed by atoms with E-state index < -0.39 is 0 Å². The summed E-state index contributed by atoms with van der Waals surface area (Å²) in [5, 5.41) is 2.75. The minimum Gasteiger partial charge on any atom is -0.455 e. The lowest BCUT2D eigenvalue weighted by Crippen LogP contribution is -2.06. The molecule has 3 aromatic rings. The molecule has 112 valence electrons. The van der Waals surface area contributed by atoms with Gasteiger partial charge < -0.3 is 9.30 Å². The first-order chi connectivity index (χ1) is 10.7. The van der Waals surface area contributed by atoms with E-state index in [1.54, 1.807) is 18.6 Å². The highest BCUT2D eigenvalue weighted by Crippen LogP contribution is 2.13. The summed E-state index contributed by atoms with van der Waals surface area (Å²) in [5.41, 5.74) is 2.52. The second kappa shape index (κ2) is 6.53. The van der Waals surface area contributed by atoms with Crippen LogP contribution in [0.3, 0.4) is 0 Å². The molecular weight excluding hydrogens is 298 g/mol. The summed E-state index contributed by atoms with van der Waals surface area (Å²) in [6.45, 7) is 2.80. The van der Waals surface area contributed by atoms with Crippen molar-refractivity contribution in [3.05, 3.63) is 70.2 Å². The zero-order valence-corrected chi connectivity index (χ0v) is 12.9. The third-order valence-corrected chi connectivity index (χ3v) is 4.02. The van der Waals surface area contributed by atoms with Crippen LogP contribution in [0.5, 0.6) is 0 Å². The molecule has 0 unspecified atom stereocenters. The minimum absolute atomic E-state index is 0.211. The monoisotopic (exact) mass is 313 g/mol. The molecule has 0 amide bonds. The van der Waals surface area contributed by atoms with E-state index in [0.717, 1.165) is 16.3 Å². The average molecular weight is 313 g/mol. The fraction of sp³-hybridized carbons (Fsp3) is 0.188. The molecule has 5 nitrogen and oxygen atoms in total. The van der Waals surface area contributed by atoms with Gasteiger partial charge in [0, 0.05) is 30.0 Å². The first-order valence-corrected chi connectivity index (χ1v) is 7.71. The Morgan fingerprint density at radius 3 is 3.05 bits per heavy atom. The Bertz CT molecular complexity index is 765. The van der Waals surface area contributed by atoms with Crippen LogP contribution in [-0.4, -0.2) is 20.5 Å². The number of carbonyl (C=O) groups is 1. The van der Waals surface area contributed by atoms with Crippen molar-refractivity contribution in [2.24, 2.45) is 0 Å². The Morgan fingerprint density at radius 1 is 1.41 bits per heavy atom. The molecule has 6 heteroatoms. The Kier molecular flexibility index (Phi) is 4.29. The number of aromatic nitrogens is 3. The molecule has 0 aliphatic rings. The predicted octanol–water partition coefficient (Wildman–Crippen LogP) is 3.05. The Hall–Kier alpha value is -2.47. The number of ether oxygens (including phenoxy) is 1. The topological polar surface area (TPSA) is 57.0 Å². The third kappa shape index (κ3) is 3.59. The normalized spacial score (nSPS) is 10.6. The Morgan fingerprint density at radius 2 is 2.32 bits per heavy atom. The SMILES string of the molecule is Cc1csc(COC(=O)c2cccc(Cn3ccnc3)c2)n1. The molecule has 2 heterocycles. The smallest absolute Gasteiger partial charge is 0.338 e. The summed E-state index contributed by atoms with van der Waals surface area (Å²) in [7, 11) is 0. The highest BCUT2D eigenvalue weighted by atomic mass is 32.1. The van der Waals surface area contributed by atoms with Gasteiger partial charge in [-0.15, -0.1) is 11.3 Å². The first-order valence-electron chi connectivity index (χ1n) is 6.83. The number of imidazole rings is 1. The fourth-order valence-electron chi connectivity index (χ4n) is 2.07. The van der Waals surface area contributed by atoms with Crippen LogP contribution in [0.2, 0.25) is 0 Å². The number of benzene rings is 1. The van der Waals surface area contributed by atoms with Crippen molar-refractivity contribution in [1.82, 2.24) is 14.5 Å². The molecule has 22 heavy (non-hydrogen) atoms. The van der Waals surface area contributed by atoms with Gasteiger partial charge in [0.25, 0.3) is 0 Å². The number of hydrogen-bond acceptors (Lipinski definition) is 5. The molecule has 3 rings (SSSR count). The van der Waals surface area contributed by atoms with Gasteiger partial charge in [-0.2, -0.15) is 0 Å². The number of aryl methyl sites for hydroxylation is 1. The van der Waals surface area contributed by atoms with E-state index in [1.165, 1.54) is 11.3 Å². The van der Waals surface area contributed by atoms with Crippen LogP contribution in [0.1, 0.15) is 26.6 Å². The van der Waals surface area contributed by atoms with Crippen molar-refractivity contribution in [2.45, 2.75) is 20.1 Å². The molecule has 0 radical (unpaired) electrons. The van der Waals surface area contributed by atoms with Gasteiger partial charge in [0.1, 0.15) is 11.6 Å². The predicted molar refractivity (Wildman–Crippen MR) is 83.7 cm³/mol. The maximum absolute atomic E-state index is 12.1.